The molecule has 2 rings (SSSR count). The van der Waals surface area contributed by atoms with Crippen LogP contribution in [0.4, 0.5) is 5.69 Å². The average Bonchev–Trinajstić information content (AvgIpc) is 2.46. The standard InChI is InChI=1S/C17H28N2O/c1-4-12-20-17-10-6-5-9-16(17)18-14(2)15-8-7-11-19(3)13-15/h5-6,9-10,14-15,18H,4,7-8,11-13H2,1-3H3. The molecule has 0 radical (unpaired) electrons. The lowest BCUT2D eigenvalue weighted by atomic mass is 9.91. The Morgan fingerprint density at radius 3 is 2.95 bits per heavy atom. The van der Waals surface area contributed by atoms with E-state index < -0.39 is 0 Å². The third kappa shape index (κ3) is 4.14. The predicted octanol–water partition coefficient (Wildman–Crippen LogP) is 3.62. The van der Waals surface area contributed by atoms with Crippen LogP contribution in [0, 0.1) is 5.92 Å². The van der Waals surface area contributed by atoms with Gasteiger partial charge in [-0.25, -0.2) is 0 Å². The average molecular weight is 276 g/mol. The van der Waals surface area contributed by atoms with E-state index in [2.05, 4.69) is 49.3 Å². The molecule has 20 heavy (non-hydrogen) atoms. The lowest BCUT2D eigenvalue weighted by Gasteiger charge is -2.34. The minimum atomic E-state index is 0.476. The van der Waals surface area contributed by atoms with E-state index in [0.717, 1.165) is 24.5 Å². The van der Waals surface area contributed by atoms with E-state index in [1.807, 2.05) is 6.07 Å². The highest BCUT2D eigenvalue weighted by atomic mass is 16.5. The predicted molar refractivity (Wildman–Crippen MR) is 85.5 cm³/mol. The fraction of sp³-hybridized carbons (Fsp3) is 0.647. The summed E-state index contributed by atoms with van der Waals surface area (Å²) in [5.41, 5.74) is 1.13. The molecular weight excluding hydrogens is 248 g/mol. The van der Waals surface area contributed by atoms with Crippen LogP contribution in [0.5, 0.6) is 5.75 Å². The Balaban J connectivity index is 1.97. The summed E-state index contributed by atoms with van der Waals surface area (Å²) in [7, 11) is 2.22. The highest BCUT2D eigenvalue weighted by molar-refractivity contribution is 5.56. The number of benzene rings is 1. The Kier molecular flexibility index (Phi) is 5.72. The van der Waals surface area contributed by atoms with Crippen molar-refractivity contribution in [3.8, 4) is 5.75 Å². The third-order valence-corrected chi connectivity index (χ3v) is 4.10. The van der Waals surface area contributed by atoms with Crippen molar-refractivity contribution in [2.45, 2.75) is 39.2 Å². The van der Waals surface area contributed by atoms with Crippen LogP contribution >= 0.6 is 0 Å². The minimum absolute atomic E-state index is 0.476. The van der Waals surface area contributed by atoms with Crippen molar-refractivity contribution >= 4 is 5.69 Å². The van der Waals surface area contributed by atoms with Crippen molar-refractivity contribution < 1.29 is 4.74 Å². The van der Waals surface area contributed by atoms with Gasteiger partial charge in [-0.05, 0) is 57.8 Å². The number of rotatable bonds is 6. The first-order valence-corrected chi connectivity index (χ1v) is 7.87. The van der Waals surface area contributed by atoms with Crippen LogP contribution < -0.4 is 10.1 Å². The summed E-state index contributed by atoms with van der Waals surface area (Å²) in [6.45, 7) is 7.63. The van der Waals surface area contributed by atoms with Crippen molar-refractivity contribution in [1.29, 1.82) is 0 Å². The number of nitrogens with one attached hydrogen (secondary N) is 1. The van der Waals surface area contributed by atoms with E-state index in [-0.39, 0.29) is 0 Å². The van der Waals surface area contributed by atoms with Crippen molar-refractivity contribution in [2.75, 3.05) is 32.1 Å². The van der Waals surface area contributed by atoms with E-state index in [4.69, 9.17) is 4.74 Å². The molecular formula is C17H28N2O. The number of nitrogens with zero attached hydrogens (tertiary/aromatic N) is 1. The molecule has 3 heteroatoms. The highest BCUT2D eigenvalue weighted by Crippen LogP contribution is 2.27. The summed E-state index contributed by atoms with van der Waals surface area (Å²) in [6.07, 6.45) is 3.66. The molecule has 0 aliphatic carbocycles. The van der Waals surface area contributed by atoms with Crippen molar-refractivity contribution in [2.24, 2.45) is 5.92 Å². The lowest BCUT2D eigenvalue weighted by molar-refractivity contribution is 0.197. The third-order valence-electron chi connectivity index (χ3n) is 4.10. The van der Waals surface area contributed by atoms with Crippen LogP contribution in [-0.4, -0.2) is 37.7 Å². The fourth-order valence-electron chi connectivity index (χ4n) is 2.90. The molecule has 0 amide bonds. The summed E-state index contributed by atoms with van der Waals surface area (Å²) in [4.78, 5) is 2.44. The molecule has 1 aliphatic heterocycles. The maximum Gasteiger partial charge on any atom is 0.142 e. The molecule has 1 aromatic carbocycles. The van der Waals surface area contributed by atoms with Crippen LogP contribution in [0.25, 0.3) is 0 Å². The first kappa shape index (κ1) is 15.2. The van der Waals surface area contributed by atoms with Crippen molar-refractivity contribution in [1.82, 2.24) is 4.90 Å². The molecule has 2 atom stereocenters. The molecule has 1 heterocycles. The van der Waals surface area contributed by atoms with Gasteiger partial charge in [-0.1, -0.05) is 19.1 Å². The number of hydrogen-bond donors (Lipinski definition) is 1. The van der Waals surface area contributed by atoms with Gasteiger partial charge in [0.25, 0.3) is 0 Å². The number of piperidine rings is 1. The normalized spacial score (nSPS) is 21.4. The van der Waals surface area contributed by atoms with Crippen LogP contribution in [0.3, 0.4) is 0 Å². The molecule has 1 aliphatic rings. The van der Waals surface area contributed by atoms with Crippen molar-refractivity contribution in [3.63, 3.8) is 0 Å². The zero-order valence-electron chi connectivity index (χ0n) is 13.1. The number of para-hydroxylation sites is 2. The van der Waals surface area contributed by atoms with Gasteiger partial charge in [-0.2, -0.15) is 0 Å². The maximum absolute atomic E-state index is 5.82. The van der Waals surface area contributed by atoms with E-state index in [1.54, 1.807) is 0 Å². The first-order valence-electron chi connectivity index (χ1n) is 7.87. The molecule has 0 spiro atoms. The molecule has 112 valence electrons. The molecule has 0 bridgehead atoms. The van der Waals surface area contributed by atoms with Gasteiger partial charge in [0.05, 0.1) is 12.3 Å². The molecule has 1 N–H and O–H groups in total. The zero-order valence-corrected chi connectivity index (χ0v) is 13.1. The van der Waals surface area contributed by atoms with Gasteiger partial charge < -0.3 is 15.0 Å². The number of likely N-dealkylation sites (tertiary alicyclic amines) is 1. The van der Waals surface area contributed by atoms with Crippen LogP contribution in [0.2, 0.25) is 0 Å². The van der Waals surface area contributed by atoms with Crippen LogP contribution in [-0.2, 0) is 0 Å². The summed E-state index contributed by atoms with van der Waals surface area (Å²) in [6, 6.07) is 8.76. The second kappa shape index (κ2) is 7.53. The first-order chi connectivity index (χ1) is 9.70. The quantitative estimate of drug-likeness (QED) is 0.859. The van der Waals surface area contributed by atoms with Crippen LogP contribution in [0.1, 0.15) is 33.1 Å². The van der Waals surface area contributed by atoms with Gasteiger partial charge in [-0.3, -0.25) is 0 Å². The van der Waals surface area contributed by atoms with E-state index in [1.165, 1.54) is 25.9 Å². The molecule has 0 aromatic heterocycles. The Bertz CT molecular complexity index is 408. The highest BCUT2D eigenvalue weighted by Gasteiger charge is 2.23. The summed E-state index contributed by atoms with van der Waals surface area (Å²) in [5.74, 6) is 1.69. The van der Waals surface area contributed by atoms with Gasteiger partial charge in [0.2, 0.25) is 0 Å². The fourth-order valence-corrected chi connectivity index (χ4v) is 2.90. The van der Waals surface area contributed by atoms with Gasteiger partial charge >= 0.3 is 0 Å². The van der Waals surface area contributed by atoms with Crippen LogP contribution in [0.15, 0.2) is 24.3 Å². The smallest absolute Gasteiger partial charge is 0.142 e. The second-order valence-corrected chi connectivity index (χ2v) is 5.94. The molecule has 2 unspecified atom stereocenters. The monoisotopic (exact) mass is 276 g/mol. The largest absolute Gasteiger partial charge is 0.491 e. The minimum Gasteiger partial charge on any atom is -0.491 e. The molecule has 1 fully saturated rings. The van der Waals surface area contributed by atoms with E-state index >= 15 is 0 Å². The molecule has 1 saturated heterocycles. The van der Waals surface area contributed by atoms with Gasteiger partial charge in [-0.15, -0.1) is 0 Å². The Morgan fingerprint density at radius 1 is 1.40 bits per heavy atom. The summed E-state index contributed by atoms with van der Waals surface area (Å²) >= 11 is 0. The zero-order chi connectivity index (χ0) is 14.4. The summed E-state index contributed by atoms with van der Waals surface area (Å²) in [5, 5.41) is 3.66. The van der Waals surface area contributed by atoms with Gasteiger partial charge in [0, 0.05) is 12.6 Å². The number of hydrogen-bond acceptors (Lipinski definition) is 3. The molecule has 0 saturated carbocycles. The van der Waals surface area contributed by atoms with E-state index in [0.29, 0.717) is 12.0 Å². The summed E-state index contributed by atoms with van der Waals surface area (Å²) < 4.78 is 5.82. The Morgan fingerprint density at radius 2 is 2.20 bits per heavy atom. The van der Waals surface area contributed by atoms with Crippen molar-refractivity contribution in [3.05, 3.63) is 24.3 Å². The molecule has 1 aromatic rings. The Labute approximate surface area is 123 Å². The molecule has 3 nitrogen and oxygen atoms in total. The topological polar surface area (TPSA) is 24.5 Å². The van der Waals surface area contributed by atoms with Gasteiger partial charge in [0.1, 0.15) is 5.75 Å². The van der Waals surface area contributed by atoms with Gasteiger partial charge in [0.15, 0.2) is 0 Å². The maximum atomic E-state index is 5.82. The number of ether oxygens (including phenoxy) is 1. The SMILES string of the molecule is CCCOc1ccccc1NC(C)C1CCCN(C)C1. The van der Waals surface area contributed by atoms with E-state index in [9.17, 15) is 0 Å². The second-order valence-electron chi connectivity index (χ2n) is 5.94. The number of anilines is 1. The lowest BCUT2D eigenvalue weighted by Crippen LogP contribution is -2.39. The Hall–Kier alpha value is -1.22.